The van der Waals surface area contributed by atoms with E-state index in [9.17, 15) is 4.79 Å². The van der Waals surface area contributed by atoms with Gasteiger partial charge in [-0.05, 0) is 48.7 Å². The number of fused-ring (bicyclic) bond motifs is 1. The number of aromatic nitrogens is 3. The molecule has 0 bridgehead atoms. The van der Waals surface area contributed by atoms with Crippen LogP contribution in [0.15, 0.2) is 54.9 Å². The van der Waals surface area contributed by atoms with Gasteiger partial charge in [-0.1, -0.05) is 18.2 Å². The van der Waals surface area contributed by atoms with Crippen LogP contribution in [0.4, 0.5) is 0 Å². The molecule has 0 saturated carbocycles. The number of nitrogens with zero attached hydrogens (tertiary/aromatic N) is 3. The lowest BCUT2D eigenvalue weighted by molar-refractivity contribution is 0.0956. The fourth-order valence-electron chi connectivity index (χ4n) is 2.96. The molecule has 3 aromatic rings. The molecule has 0 saturated heterocycles. The molecule has 1 aromatic heterocycles. The van der Waals surface area contributed by atoms with Crippen LogP contribution in [0.1, 0.15) is 28.2 Å². The third kappa shape index (κ3) is 3.24. The second kappa shape index (κ2) is 6.76. The molecule has 4 rings (SSSR count). The van der Waals surface area contributed by atoms with Crippen molar-refractivity contribution >= 4 is 5.91 Å². The Morgan fingerprint density at radius 3 is 2.92 bits per heavy atom. The van der Waals surface area contributed by atoms with Gasteiger partial charge in [0, 0.05) is 12.1 Å². The SMILES string of the molecule is O=C1NCCCc2cc(OCc3ncnn3-c3ccccc3)ccc21. The van der Waals surface area contributed by atoms with Gasteiger partial charge in [0.2, 0.25) is 0 Å². The van der Waals surface area contributed by atoms with E-state index in [2.05, 4.69) is 15.4 Å². The molecule has 0 radical (unpaired) electrons. The zero-order chi connectivity index (χ0) is 17.1. The molecule has 126 valence electrons. The van der Waals surface area contributed by atoms with Crippen molar-refractivity contribution in [2.75, 3.05) is 6.54 Å². The number of nitrogens with one attached hydrogen (secondary N) is 1. The summed E-state index contributed by atoms with van der Waals surface area (Å²) in [7, 11) is 0. The Morgan fingerprint density at radius 2 is 2.04 bits per heavy atom. The minimum Gasteiger partial charge on any atom is -0.486 e. The van der Waals surface area contributed by atoms with Gasteiger partial charge >= 0.3 is 0 Å². The lowest BCUT2D eigenvalue weighted by Crippen LogP contribution is -2.22. The fourth-order valence-corrected chi connectivity index (χ4v) is 2.96. The molecule has 0 unspecified atom stereocenters. The monoisotopic (exact) mass is 334 g/mol. The number of hydrogen-bond donors (Lipinski definition) is 1. The molecule has 1 amide bonds. The van der Waals surface area contributed by atoms with Crippen LogP contribution in [0, 0.1) is 0 Å². The predicted octanol–water partition coefficient (Wildman–Crippen LogP) is 2.52. The van der Waals surface area contributed by atoms with Crippen LogP contribution in [0.3, 0.4) is 0 Å². The summed E-state index contributed by atoms with van der Waals surface area (Å²) in [6.07, 6.45) is 3.32. The van der Waals surface area contributed by atoms with E-state index in [1.54, 1.807) is 4.68 Å². The summed E-state index contributed by atoms with van der Waals surface area (Å²) in [4.78, 5) is 16.3. The molecule has 0 fully saturated rings. The smallest absolute Gasteiger partial charge is 0.251 e. The largest absolute Gasteiger partial charge is 0.486 e. The number of amides is 1. The highest BCUT2D eigenvalue weighted by atomic mass is 16.5. The number of benzene rings is 2. The molecule has 0 spiro atoms. The van der Waals surface area contributed by atoms with E-state index in [-0.39, 0.29) is 5.91 Å². The molecule has 0 aliphatic carbocycles. The Balaban J connectivity index is 1.52. The first-order valence-electron chi connectivity index (χ1n) is 8.29. The van der Waals surface area contributed by atoms with Crippen molar-refractivity contribution in [2.45, 2.75) is 19.4 Å². The molecule has 2 aromatic carbocycles. The van der Waals surface area contributed by atoms with Gasteiger partial charge in [-0.2, -0.15) is 5.10 Å². The van der Waals surface area contributed by atoms with E-state index in [0.29, 0.717) is 13.2 Å². The summed E-state index contributed by atoms with van der Waals surface area (Å²) < 4.78 is 7.66. The highest BCUT2D eigenvalue weighted by Crippen LogP contribution is 2.22. The minimum absolute atomic E-state index is 0.0112. The van der Waals surface area contributed by atoms with Gasteiger partial charge in [0.25, 0.3) is 5.91 Å². The van der Waals surface area contributed by atoms with Crippen LogP contribution in [0.5, 0.6) is 5.75 Å². The second-order valence-corrected chi connectivity index (χ2v) is 5.89. The Kier molecular flexibility index (Phi) is 4.16. The maximum atomic E-state index is 12.0. The number of rotatable bonds is 4. The maximum Gasteiger partial charge on any atom is 0.251 e. The van der Waals surface area contributed by atoms with Crippen molar-refractivity contribution in [3.05, 3.63) is 71.8 Å². The van der Waals surface area contributed by atoms with Crippen LogP contribution in [0.25, 0.3) is 5.69 Å². The van der Waals surface area contributed by atoms with E-state index < -0.39 is 0 Å². The Bertz CT molecular complexity index is 889. The summed E-state index contributed by atoms with van der Waals surface area (Å²) in [5.74, 6) is 1.44. The fraction of sp³-hybridized carbons (Fsp3) is 0.211. The molecular formula is C19H18N4O2. The molecule has 0 atom stereocenters. The highest BCUT2D eigenvalue weighted by molar-refractivity contribution is 5.96. The van der Waals surface area contributed by atoms with Crippen molar-refractivity contribution in [3.8, 4) is 11.4 Å². The Hall–Kier alpha value is -3.15. The minimum atomic E-state index is -0.0112. The third-order valence-corrected chi connectivity index (χ3v) is 4.22. The van der Waals surface area contributed by atoms with Crippen LogP contribution in [-0.2, 0) is 13.0 Å². The van der Waals surface area contributed by atoms with E-state index in [1.807, 2.05) is 48.5 Å². The van der Waals surface area contributed by atoms with Gasteiger partial charge in [-0.25, -0.2) is 9.67 Å². The number of para-hydroxylation sites is 1. The van der Waals surface area contributed by atoms with Crippen molar-refractivity contribution in [3.63, 3.8) is 0 Å². The average Bonchev–Trinajstić information content (AvgIpc) is 3.05. The summed E-state index contributed by atoms with van der Waals surface area (Å²) in [6, 6.07) is 15.4. The summed E-state index contributed by atoms with van der Waals surface area (Å²) in [5, 5.41) is 7.16. The van der Waals surface area contributed by atoms with Gasteiger partial charge in [0.05, 0.1) is 5.69 Å². The number of carbonyl (C=O) groups excluding carboxylic acids is 1. The summed E-state index contributed by atoms with van der Waals surface area (Å²) >= 11 is 0. The van der Waals surface area contributed by atoms with Crippen molar-refractivity contribution in [2.24, 2.45) is 0 Å². The van der Waals surface area contributed by atoms with Gasteiger partial charge in [-0.3, -0.25) is 4.79 Å². The van der Waals surface area contributed by atoms with E-state index in [1.165, 1.54) is 6.33 Å². The van der Waals surface area contributed by atoms with Crippen LogP contribution in [0.2, 0.25) is 0 Å². The number of ether oxygens (including phenoxy) is 1. The summed E-state index contributed by atoms with van der Waals surface area (Å²) in [5.41, 5.74) is 2.70. The molecule has 1 aliphatic rings. The van der Waals surface area contributed by atoms with Crippen molar-refractivity contribution in [1.82, 2.24) is 20.1 Å². The molecule has 1 aliphatic heterocycles. The van der Waals surface area contributed by atoms with Crippen molar-refractivity contribution < 1.29 is 9.53 Å². The van der Waals surface area contributed by atoms with E-state index in [0.717, 1.165) is 41.2 Å². The van der Waals surface area contributed by atoms with Crippen LogP contribution >= 0.6 is 0 Å². The number of aryl methyl sites for hydroxylation is 1. The van der Waals surface area contributed by atoms with E-state index in [4.69, 9.17) is 4.74 Å². The first-order valence-corrected chi connectivity index (χ1v) is 8.29. The number of carbonyl (C=O) groups is 1. The molecule has 6 nitrogen and oxygen atoms in total. The van der Waals surface area contributed by atoms with Crippen LogP contribution < -0.4 is 10.1 Å². The zero-order valence-electron chi connectivity index (χ0n) is 13.7. The lowest BCUT2D eigenvalue weighted by atomic mass is 10.0. The number of hydrogen-bond acceptors (Lipinski definition) is 4. The third-order valence-electron chi connectivity index (χ3n) is 4.22. The molecule has 25 heavy (non-hydrogen) atoms. The summed E-state index contributed by atoms with van der Waals surface area (Å²) in [6.45, 7) is 1.02. The molecule has 6 heteroatoms. The molecule has 2 heterocycles. The maximum absolute atomic E-state index is 12.0. The topological polar surface area (TPSA) is 69.0 Å². The Labute approximate surface area is 145 Å². The van der Waals surface area contributed by atoms with Crippen LogP contribution in [-0.4, -0.2) is 27.2 Å². The zero-order valence-corrected chi connectivity index (χ0v) is 13.7. The predicted molar refractivity (Wildman–Crippen MR) is 92.8 cm³/mol. The van der Waals surface area contributed by atoms with Crippen molar-refractivity contribution in [1.29, 1.82) is 0 Å². The van der Waals surface area contributed by atoms with Gasteiger partial charge in [-0.15, -0.1) is 0 Å². The van der Waals surface area contributed by atoms with Gasteiger partial charge in [0.1, 0.15) is 18.7 Å². The quantitative estimate of drug-likeness (QED) is 0.796. The average molecular weight is 334 g/mol. The van der Waals surface area contributed by atoms with E-state index >= 15 is 0 Å². The highest BCUT2D eigenvalue weighted by Gasteiger charge is 2.16. The second-order valence-electron chi connectivity index (χ2n) is 5.89. The van der Waals surface area contributed by atoms with Gasteiger partial charge < -0.3 is 10.1 Å². The standard InChI is InChI=1S/C19H18N4O2/c24-19-17-9-8-16(11-14(17)5-4-10-20-19)25-12-18-21-13-22-23(18)15-6-2-1-3-7-15/h1-3,6-9,11,13H,4-5,10,12H2,(H,20,24). The molecular weight excluding hydrogens is 316 g/mol. The first-order chi connectivity index (χ1) is 12.3. The first kappa shape index (κ1) is 15.4. The lowest BCUT2D eigenvalue weighted by Gasteiger charge is -2.10. The normalized spacial score (nSPS) is 13.7. The van der Waals surface area contributed by atoms with Gasteiger partial charge in [0.15, 0.2) is 5.82 Å². The molecule has 1 N–H and O–H groups in total. The Morgan fingerprint density at radius 1 is 1.16 bits per heavy atom.